The molecule has 8 heteroatoms. The van der Waals surface area contributed by atoms with Crippen LogP contribution in [0.4, 0.5) is 11.4 Å². The van der Waals surface area contributed by atoms with Crippen molar-refractivity contribution in [2.24, 2.45) is 7.05 Å². The van der Waals surface area contributed by atoms with Gasteiger partial charge in [0.15, 0.2) is 5.16 Å². The van der Waals surface area contributed by atoms with Crippen molar-refractivity contribution in [1.29, 1.82) is 0 Å². The van der Waals surface area contributed by atoms with E-state index < -0.39 is 4.92 Å². The van der Waals surface area contributed by atoms with E-state index in [2.05, 4.69) is 4.98 Å². The van der Waals surface area contributed by atoms with Crippen LogP contribution >= 0.6 is 11.8 Å². The summed E-state index contributed by atoms with van der Waals surface area (Å²) in [7, 11) is 1.94. The lowest BCUT2D eigenvalue weighted by atomic mass is 10.0. The number of aromatic nitrogens is 2. The number of carbonyl (C=O) groups excluding carboxylic acids is 1. The molecule has 1 amide bonds. The lowest BCUT2D eigenvalue weighted by molar-refractivity contribution is -0.384. The van der Waals surface area contributed by atoms with Crippen molar-refractivity contribution < 1.29 is 9.72 Å². The predicted molar refractivity (Wildman–Crippen MR) is 105 cm³/mol. The van der Waals surface area contributed by atoms with Crippen molar-refractivity contribution in [2.75, 3.05) is 17.2 Å². The van der Waals surface area contributed by atoms with Gasteiger partial charge in [0.2, 0.25) is 5.91 Å². The van der Waals surface area contributed by atoms with Crippen LogP contribution in [0.5, 0.6) is 0 Å². The molecule has 3 aromatic rings. The number of imidazole rings is 1. The molecule has 2 aromatic carbocycles. The quantitative estimate of drug-likeness (QED) is 0.392. The van der Waals surface area contributed by atoms with Gasteiger partial charge in [-0.25, -0.2) is 4.98 Å². The molecule has 0 spiro atoms. The molecule has 4 rings (SSSR count). The maximum Gasteiger partial charge on any atom is 0.269 e. The minimum absolute atomic E-state index is 0.0122. The van der Waals surface area contributed by atoms with E-state index in [-0.39, 0.29) is 17.3 Å². The van der Waals surface area contributed by atoms with Crippen LogP contribution in [0.2, 0.25) is 0 Å². The van der Waals surface area contributed by atoms with Crippen LogP contribution in [0.1, 0.15) is 12.0 Å². The maximum absolute atomic E-state index is 12.8. The number of thioether (sulfide) groups is 1. The number of amides is 1. The van der Waals surface area contributed by atoms with Crippen molar-refractivity contribution in [3.8, 4) is 0 Å². The topological polar surface area (TPSA) is 81.3 Å². The number of aryl methyl sites for hydroxylation is 2. The summed E-state index contributed by atoms with van der Waals surface area (Å²) < 4.78 is 1.99. The van der Waals surface area contributed by atoms with Gasteiger partial charge >= 0.3 is 0 Å². The summed E-state index contributed by atoms with van der Waals surface area (Å²) in [6, 6.07) is 12.6. The van der Waals surface area contributed by atoms with E-state index in [0.29, 0.717) is 6.54 Å². The highest BCUT2D eigenvalue weighted by Crippen LogP contribution is 2.31. The minimum Gasteiger partial charge on any atom is -0.322 e. The van der Waals surface area contributed by atoms with E-state index in [1.165, 1.54) is 17.8 Å². The molecule has 0 radical (unpaired) electrons. The third-order valence-corrected chi connectivity index (χ3v) is 5.78. The number of rotatable bonds is 4. The zero-order chi connectivity index (χ0) is 19.0. The molecule has 138 valence electrons. The standard InChI is InChI=1S/C19H18N4O3S/c1-21-17-7-3-2-6-15(17)20-19(21)27-12-18(24)22-10-4-5-13-11-14(23(25)26)8-9-16(13)22/h2-3,6-9,11H,4-5,10,12H2,1H3. The Morgan fingerprint density at radius 3 is 2.89 bits per heavy atom. The Balaban J connectivity index is 1.52. The summed E-state index contributed by atoms with van der Waals surface area (Å²) in [4.78, 5) is 29.7. The van der Waals surface area contributed by atoms with Crippen LogP contribution in [-0.4, -0.2) is 32.7 Å². The van der Waals surface area contributed by atoms with Gasteiger partial charge < -0.3 is 9.47 Å². The SMILES string of the molecule is Cn1c(SCC(=O)N2CCCc3cc([N+](=O)[O-])ccc32)nc2ccccc21. The zero-order valence-corrected chi connectivity index (χ0v) is 15.6. The van der Waals surface area contributed by atoms with Gasteiger partial charge in [-0.3, -0.25) is 14.9 Å². The Bertz CT molecular complexity index is 1050. The fraction of sp³-hybridized carbons (Fsp3) is 0.263. The lowest BCUT2D eigenvalue weighted by Gasteiger charge is -2.29. The van der Waals surface area contributed by atoms with Gasteiger partial charge in [-0.05, 0) is 36.6 Å². The van der Waals surface area contributed by atoms with Gasteiger partial charge in [-0.2, -0.15) is 0 Å². The number of nitro benzene ring substituents is 1. The van der Waals surface area contributed by atoms with Gasteiger partial charge in [0.1, 0.15) is 0 Å². The molecule has 0 atom stereocenters. The monoisotopic (exact) mass is 382 g/mol. The summed E-state index contributed by atoms with van der Waals surface area (Å²) >= 11 is 1.41. The third-order valence-electron chi connectivity index (χ3n) is 4.76. The van der Waals surface area contributed by atoms with Crippen LogP contribution < -0.4 is 4.90 Å². The second kappa shape index (κ2) is 7.03. The Morgan fingerprint density at radius 1 is 1.30 bits per heavy atom. The van der Waals surface area contributed by atoms with E-state index in [9.17, 15) is 14.9 Å². The van der Waals surface area contributed by atoms with Gasteiger partial charge in [0.05, 0.1) is 21.7 Å². The molecule has 1 aliphatic rings. The fourth-order valence-electron chi connectivity index (χ4n) is 3.41. The Morgan fingerprint density at radius 2 is 2.11 bits per heavy atom. The molecule has 0 saturated heterocycles. The smallest absolute Gasteiger partial charge is 0.269 e. The van der Waals surface area contributed by atoms with E-state index in [1.54, 1.807) is 17.0 Å². The Kier molecular flexibility index (Phi) is 4.57. The van der Waals surface area contributed by atoms with E-state index >= 15 is 0 Å². The minimum atomic E-state index is -0.400. The number of hydrogen-bond donors (Lipinski definition) is 0. The Hall–Kier alpha value is -2.87. The molecule has 1 aromatic heterocycles. The van der Waals surface area contributed by atoms with Gasteiger partial charge in [0, 0.05) is 31.4 Å². The molecule has 7 nitrogen and oxygen atoms in total. The van der Waals surface area contributed by atoms with Gasteiger partial charge in [-0.1, -0.05) is 23.9 Å². The predicted octanol–water partition coefficient (Wildman–Crippen LogP) is 3.55. The first-order valence-electron chi connectivity index (χ1n) is 8.66. The summed E-state index contributed by atoms with van der Waals surface area (Å²) in [5, 5.41) is 11.8. The molecule has 0 bridgehead atoms. The number of benzene rings is 2. The average molecular weight is 382 g/mol. The van der Waals surface area contributed by atoms with Crippen molar-refractivity contribution in [2.45, 2.75) is 18.0 Å². The number of non-ortho nitro benzene ring substituents is 1. The van der Waals surface area contributed by atoms with E-state index in [1.807, 2.05) is 35.9 Å². The molecule has 0 aliphatic carbocycles. The zero-order valence-electron chi connectivity index (χ0n) is 14.8. The molecule has 27 heavy (non-hydrogen) atoms. The maximum atomic E-state index is 12.8. The number of nitro groups is 1. The second-order valence-electron chi connectivity index (χ2n) is 6.45. The van der Waals surface area contributed by atoms with E-state index in [4.69, 9.17) is 0 Å². The van der Waals surface area contributed by atoms with Gasteiger partial charge in [0.25, 0.3) is 5.69 Å². The third kappa shape index (κ3) is 3.28. The molecule has 0 unspecified atom stereocenters. The molecule has 0 saturated carbocycles. The Labute approximate surface area is 160 Å². The lowest BCUT2D eigenvalue weighted by Crippen LogP contribution is -2.36. The summed E-state index contributed by atoms with van der Waals surface area (Å²) in [5.41, 5.74) is 3.64. The van der Waals surface area contributed by atoms with E-state index in [0.717, 1.165) is 40.3 Å². The number of hydrogen-bond acceptors (Lipinski definition) is 5. The summed E-state index contributed by atoms with van der Waals surface area (Å²) in [6.45, 7) is 0.632. The number of nitrogens with zero attached hydrogens (tertiary/aromatic N) is 4. The highest BCUT2D eigenvalue weighted by molar-refractivity contribution is 7.99. The molecule has 2 heterocycles. The number of fused-ring (bicyclic) bond motifs is 2. The molecule has 0 fully saturated rings. The highest BCUT2D eigenvalue weighted by atomic mass is 32.2. The normalized spacial score (nSPS) is 13.6. The van der Waals surface area contributed by atoms with Crippen LogP contribution in [0.15, 0.2) is 47.6 Å². The van der Waals surface area contributed by atoms with Crippen molar-refractivity contribution in [3.63, 3.8) is 0 Å². The van der Waals surface area contributed by atoms with Crippen LogP contribution in [0, 0.1) is 10.1 Å². The first kappa shape index (κ1) is 17.5. The number of anilines is 1. The van der Waals surface area contributed by atoms with Crippen LogP contribution in [0.25, 0.3) is 11.0 Å². The first-order valence-corrected chi connectivity index (χ1v) is 9.65. The average Bonchev–Trinajstić information content (AvgIpc) is 3.01. The number of carbonyl (C=O) groups is 1. The largest absolute Gasteiger partial charge is 0.322 e. The van der Waals surface area contributed by atoms with Crippen LogP contribution in [-0.2, 0) is 18.3 Å². The van der Waals surface area contributed by atoms with Gasteiger partial charge in [-0.15, -0.1) is 0 Å². The molecular weight excluding hydrogens is 364 g/mol. The van der Waals surface area contributed by atoms with Crippen LogP contribution in [0.3, 0.4) is 0 Å². The second-order valence-corrected chi connectivity index (χ2v) is 7.39. The fourth-order valence-corrected chi connectivity index (χ4v) is 4.28. The highest BCUT2D eigenvalue weighted by Gasteiger charge is 2.24. The molecular formula is C19H18N4O3S. The summed E-state index contributed by atoms with van der Waals surface area (Å²) in [5.74, 6) is 0.259. The van der Waals surface area contributed by atoms with Crippen molar-refractivity contribution in [3.05, 3.63) is 58.1 Å². The van der Waals surface area contributed by atoms with Crippen molar-refractivity contribution >= 4 is 40.1 Å². The molecule has 0 N–H and O–H groups in total. The first-order chi connectivity index (χ1) is 13.0. The summed E-state index contributed by atoms with van der Waals surface area (Å²) in [6.07, 6.45) is 1.55. The molecule has 1 aliphatic heterocycles. The number of para-hydroxylation sites is 2. The van der Waals surface area contributed by atoms with Crippen molar-refractivity contribution in [1.82, 2.24) is 9.55 Å².